The summed E-state index contributed by atoms with van der Waals surface area (Å²) in [6.07, 6.45) is -2.37. The number of carboxylic acid groups (broad SMARTS) is 1. The molecule has 0 saturated heterocycles. The molecule has 5 heteroatoms. The first-order valence-electron chi connectivity index (χ1n) is 3.86. The Morgan fingerprint density at radius 2 is 1.93 bits per heavy atom. The maximum Gasteiger partial charge on any atom is 0.360 e. The van der Waals surface area contributed by atoms with Gasteiger partial charge < -0.3 is 5.11 Å². The minimum absolute atomic E-state index is 0.0973. The Morgan fingerprint density at radius 3 is 2.36 bits per heavy atom. The second kappa shape index (κ2) is 3.71. The van der Waals surface area contributed by atoms with Crippen LogP contribution in [0.25, 0.3) is 0 Å². The van der Waals surface area contributed by atoms with Crippen molar-refractivity contribution in [1.29, 1.82) is 0 Å². The van der Waals surface area contributed by atoms with Gasteiger partial charge in [0.2, 0.25) is 0 Å². The molecule has 3 nitrogen and oxygen atoms in total. The summed E-state index contributed by atoms with van der Waals surface area (Å²) in [6, 6.07) is 7.09. The van der Waals surface area contributed by atoms with Crippen molar-refractivity contribution in [1.82, 2.24) is 0 Å². The molecule has 0 bridgehead atoms. The average Bonchev–Trinajstić information content (AvgIpc) is 2.17. The standard InChI is InChI=1S/C9H9F2NO2/c10-7(9(11,12)8(13)14)6-4-2-1-3-5-6/h1-5,7H,12H2,(H,13,14)/t7?,9-/m0/s1. The number of halogens is 2. The zero-order valence-electron chi connectivity index (χ0n) is 7.15. The largest absolute Gasteiger partial charge is 0.478 e. The summed E-state index contributed by atoms with van der Waals surface area (Å²) in [5.74, 6) is -5.41. The third-order valence-corrected chi connectivity index (χ3v) is 1.79. The van der Waals surface area contributed by atoms with Crippen molar-refractivity contribution in [2.24, 2.45) is 5.73 Å². The number of hydrogen-bond donors (Lipinski definition) is 2. The molecular formula is C9H9F2NO2. The van der Waals surface area contributed by atoms with Gasteiger partial charge >= 0.3 is 5.97 Å². The first-order valence-corrected chi connectivity index (χ1v) is 3.86. The molecule has 0 fully saturated rings. The lowest BCUT2D eigenvalue weighted by atomic mass is 10.0. The van der Waals surface area contributed by atoms with Gasteiger partial charge in [0.05, 0.1) is 0 Å². The van der Waals surface area contributed by atoms with Crippen LogP contribution in [0, 0.1) is 0 Å². The van der Waals surface area contributed by atoms with E-state index in [4.69, 9.17) is 10.8 Å². The van der Waals surface area contributed by atoms with Crippen molar-refractivity contribution in [2.45, 2.75) is 12.0 Å². The van der Waals surface area contributed by atoms with Gasteiger partial charge in [0, 0.05) is 0 Å². The Labute approximate surface area is 79.2 Å². The fraction of sp³-hybridized carbons (Fsp3) is 0.222. The maximum absolute atomic E-state index is 13.3. The van der Waals surface area contributed by atoms with Crippen LogP contribution in [0.3, 0.4) is 0 Å². The number of alkyl halides is 2. The van der Waals surface area contributed by atoms with Crippen molar-refractivity contribution >= 4 is 5.97 Å². The molecule has 0 aliphatic carbocycles. The third-order valence-electron chi connectivity index (χ3n) is 1.79. The first-order chi connectivity index (χ1) is 6.46. The van der Waals surface area contributed by atoms with Crippen molar-refractivity contribution < 1.29 is 18.7 Å². The van der Waals surface area contributed by atoms with E-state index in [0.29, 0.717) is 0 Å². The van der Waals surface area contributed by atoms with E-state index in [0.717, 1.165) is 0 Å². The lowest BCUT2D eigenvalue weighted by Gasteiger charge is -2.19. The fourth-order valence-electron chi connectivity index (χ4n) is 0.973. The van der Waals surface area contributed by atoms with Gasteiger partial charge in [0.25, 0.3) is 5.79 Å². The van der Waals surface area contributed by atoms with E-state index in [1.807, 2.05) is 0 Å². The highest BCUT2D eigenvalue weighted by molar-refractivity contribution is 5.77. The van der Waals surface area contributed by atoms with E-state index in [9.17, 15) is 13.6 Å². The van der Waals surface area contributed by atoms with E-state index >= 15 is 0 Å². The Balaban J connectivity index is 2.96. The van der Waals surface area contributed by atoms with E-state index in [2.05, 4.69) is 0 Å². The molecule has 76 valence electrons. The number of nitrogens with two attached hydrogens (primary N) is 1. The van der Waals surface area contributed by atoms with Gasteiger partial charge in [0.15, 0.2) is 6.17 Å². The molecule has 0 aliphatic heterocycles. The van der Waals surface area contributed by atoms with E-state index in [-0.39, 0.29) is 5.56 Å². The molecule has 1 unspecified atom stereocenters. The van der Waals surface area contributed by atoms with Gasteiger partial charge in [-0.2, -0.15) is 0 Å². The number of rotatable bonds is 3. The molecule has 1 aromatic carbocycles. The van der Waals surface area contributed by atoms with Crippen LogP contribution in [0.2, 0.25) is 0 Å². The van der Waals surface area contributed by atoms with Crippen LogP contribution in [0.5, 0.6) is 0 Å². The number of hydrogen-bond acceptors (Lipinski definition) is 2. The molecule has 0 radical (unpaired) electrons. The molecule has 0 heterocycles. The molecule has 0 amide bonds. The molecule has 3 N–H and O–H groups in total. The SMILES string of the molecule is N[C@](F)(C(=O)O)C(F)c1ccccc1. The van der Waals surface area contributed by atoms with Gasteiger partial charge in [-0.15, -0.1) is 0 Å². The summed E-state index contributed by atoms with van der Waals surface area (Å²) in [7, 11) is 0. The minimum atomic E-state index is -3.39. The zero-order chi connectivity index (χ0) is 10.8. The smallest absolute Gasteiger partial charge is 0.360 e. The van der Waals surface area contributed by atoms with Gasteiger partial charge in [-0.05, 0) is 5.56 Å². The van der Waals surface area contributed by atoms with E-state index in [1.54, 1.807) is 6.07 Å². The molecule has 1 aromatic rings. The van der Waals surface area contributed by atoms with Crippen LogP contribution in [-0.2, 0) is 4.79 Å². The highest BCUT2D eigenvalue weighted by atomic mass is 19.2. The summed E-state index contributed by atoms with van der Waals surface area (Å²) in [4.78, 5) is 10.3. The second-order valence-electron chi connectivity index (χ2n) is 2.85. The number of aliphatic carboxylic acids is 1. The number of benzene rings is 1. The molecule has 0 saturated carbocycles. The van der Waals surface area contributed by atoms with Crippen LogP contribution in [0.15, 0.2) is 30.3 Å². The van der Waals surface area contributed by atoms with Gasteiger partial charge in [-0.1, -0.05) is 30.3 Å². The topological polar surface area (TPSA) is 63.3 Å². The summed E-state index contributed by atoms with van der Waals surface area (Å²) in [5, 5.41) is 8.33. The zero-order valence-corrected chi connectivity index (χ0v) is 7.15. The Hall–Kier alpha value is -1.49. The third kappa shape index (κ3) is 1.88. The fourth-order valence-corrected chi connectivity index (χ4v) is 0.973. The quantitative estimate of drug-likeness (QED) is 0.726. The summed E-state index contributed by atoms with van der Waals surface area (Å²) in [5.41, 5.74) is 4.60. The lowest BCUT2D eigenvalue weighted by Crippen LogP contribution is -2.47. The molecule has 1 rings (SSSR count). The molecule has 0 aromatic heterocycles. The summed E-state index contributed by atoms with van der Waals surface area (Å²) < 4.78 is 26.4. The molecular weight excluding hydrogens is 192 g/mol. The normalized spacial score (nSPS) is 17.1. The highest BCUT2D eigenvalue weighted by Gasteiger charge is 2.44. The van der Waals surface area contributed by atoms with Crippen molar-refractivity contribution in [2.75, 3.05) is 0 Å². The highest BCUT2D eigenvalue weighted by Crippen LogP contribution is 2.29. The summed E-state index contributed by atoms with van der Waals surface area (Å²) >= 11 is 0. The molecule has 14 heavy (non-hydrogen) atoms. The monoisotopic (exact) mass is 201 g/mol. The Kier molecular flexibility index (Phi) is 2.81. The van der Waals surface area contributed by atoms with Crippen LogP contribution in [-0.4, -0.2) is 16.9 Å². The predicted molar refractivity (Wildman–Crippen MR) is 46.0 cm³/mol. The van der Waals surface area contributed by atoms with Gasteiger partial charge in [0.1, 0.15) is 0 Å². The van der Waals surface area contributed by atoms with Crippen molar-refractivity contribution in [3.8, 4) is 0 Å². The van der Waals surface area contributed by atoms with Crippen LogP contribution < -0.4 is 5.73 Å². The number of carboxylic acids is 1. The molecule has 0 spiro atoms. The van der Waals surface area contributed by atoms with Crippen molar-refractivity contribution in [3.63, 3.8) is 0 Å². The summed E-state index contributed by atoms with van der Waals surface area (Å²) in [6.45, 7) is 0. The lowest BCUT2D eigenvalue weighted by molar-refractivity contribution is -0.155. The first kappa shape index (κ1) is 10.6. The van der Waals surface area contributed by atoms with Crippen LogP contribution in [0.4, 0.5) is 8.78 Å². The van der Waals surface area contributed by atoms with Crippen molar-refractivity contribution in [3.05, 3.63) is 35.9 Å². The molecule has 2 atom stereocenters. The van der Waals surface area contributed by atoms with Gasteiger partial charge in [-0.3, -0.25) is 5.73 Å². The average molecular weight is 201 g/mol. The predicted octanol–water partition coefficient (Wildman–Crippen LogP) is 1.41. The maximum atomic E-state index is 13.3. The second-order valence-corrected chi connectivity index (χ2v) is 2.85. The van der Waals surface area contributed by atoms with E-state index in [1.165, 1.54) is 24.3 Å². The van der Waals surface area contributed by atoms with Crippen LogP contribution >= 0.6 is 0 Å². The van der Waals surface area contributed by atoms with Crippen LogP contribution in [0.1, 0.15) is 11.7 Å². The minimum Gasteiger partial charge on any atom is -0.478 e. The molecule has 0 aliphatic rings. The van der Waals surface area contributed by atoms with Gasteiger partial charge in [-0.25, -0.2) is 13.6 Å². The Bertz CT molecular complexity index is 327. The Morgan fingerprint density at radius 1 is 1.43 bits per heavy atom. The number of carbonyl (C=O) groups is 1. The van der Waals surface area contributed by atoms with E-state index < -0.39 is 17.9 Å².